The first-order chi connectivity index (χ1) is 12.2. The maximum Gasteiger partial charge on any atom is 0.181 e. The van der Waals surface area contributed by atoms with Crippen LogP contribution >= 0.6 is 11.6 Å². The smallest absolute Gasteiger partial charge is 0.181 e. The van der Waals surface area contributed by atoms with Crippen LogP contribution in [-0.2, 0) is 0 Å². The Balaban J connectivity index is 1.46. The molecule has 1 N–H and O–H groups in total. The van der Waals surface area contributed by atoms with E-state index in [-0.39, 0.29) is 12.3 Å². The fourth-order valence-electron chi connectivity index (χ4n) is 2.56. The van der Waals surface area contributed by atoms with Gasteiger partial charge in [0.15, 0.2) is 28.8 Å². The number of anilines is 1. The molecule has 0 saturated carbocycles. The predicted octanol–water partition coefficient (Wildman–Crippen LogP) is 5.53. The molecule has 0 atom stereocenters. The largest absolute Gasteiger partial charge is 0.450 e. The van der Waals surface area contributed by atoms with Crippen LogP contribution in [0.15, 0.2) is 66.7 Å². The Bertz CT molecular complexity index is 938. The average Bonchev–Trinajstić information content (AvgIpc) is 2.65. The van der Waals surface area contributed by atoms with Crippen LogP contribution in [0.5, 0.6) is 23.0 Å². The minimum absolute atomic E-state index is 0.0168. The zero-order valence-corrected chi connectivity index (χ0v) is 13.9. The van der Waals surface area contributed by atoms with E-state index < -0.39 is 0 Å². The molecule has 0 radical (unpaired) electrons. The molecule has 4 nitrogen and oxygen atoms in total. The van der Waals surface area contributed by atoms with Crippen molar-refractivity contribution in [2.45, 2.75) is 0 Å². The zero-order chi connectivity index (χ0) is 17.2. The third-order valence-electron chi connectivity index (χ3n) is 3.85. The number of rotatable bonds is 4. The second kappa shape index (κ2) is 6.49. The molecule has 4 rings (SSSR count). The summed E-state index contributed by atoms with van der Waals surface area (Å²) in [5, 5.41) is 3.72. The molecule has 0 amide bonds. The molecule has 1 aliphatic heterocycles. The number of carbonyl (C=O) groups excluding carboxylic acids is 1. The SMILES string of the molecule is O=C(CNc1ccc2c(c1)Oc1ccccc1O2)c1ccc(Cl)cc1. The van der Waals surface area contributed by atoms with Crippen molar-refractivity contribution in [3.63, 3.8) is 0 Å². The van der Waals surface area contributed by atoms with Gasteiger partial charge >= 0.3 is 0 Å². The fraction of sp³-hybridized carbons (Fsp3) is 0.0500. The molecule has 0 saturated heterocycles. The fourth-order valence-corrected chi connectivity index (χ4v) is 2.68. The summed E-state index contributed by atoms with van der Waals surface area (Å²) in [6.45, 7) is 0.178. The summed E-state index contributed by atoms with van der Waals surface area (Å²) in [5.74, 6) is 2.60. The number of ether oxygens (including phenoxy) is 2. The van der Waals surface area contributed by atoms with Gasteiger partial charge in [0.25, 0.3) is 0 Å². The van der Waals surface area contributed by atoms with Gasteiger partial charge in [0.05, 0.1) is 6.54 Å². The van der Waals surface area contributed by atoms with E-state index in [4.69, 9.17) is 21.1 Å². The molecule has 0 unspecified atom stereocenters. The molecule has 3 aromatic carbocycles. The maximum absolute atomic E-state index is 12.2. The standard InChI is InChI=1S/C20H14ClNO3/c21-14-7-5-13(6-8-14)16(23)12-22-15-9-10-19-20(11-15)25-18-4-2-1-3-17(18)24-19/h1-11,22H,12H2. The van der Waals surface area contributed by atoms with Crippen LogP contribution < -0.4 is 14.8 Å². The lowest BCUT2D eigenvalue weighted by Gasteiger charge is -2.21. The quantitative estimate of drug-likeness (QED) is 0.491. The molecule has 124 valence electrons. The normalized spacial score (nSPS) is 11.6. The maximum atomic E-state index is 12.2. The zero-order valence-electron chi connectivity index (χ0n) is 13.2. The van der Waals surface area contributed by atoms with E-state index in [9.17, 15) is 4.79 Å². The second-order valence-electron chi connectivity index (χ2n) is 5.60. The molecule has 3 aromatic rings. The van der Waals surface area contributed by atoms with Crippen molar-refractivity contribution in [1.82, 2.24) is 0 Å². The summed E-state index contributed by atoms with van der Waals surface area (Å²) in [5.41, 5.74) is 1.40. The van der Waals surface area contributed by atoms with E-state index in [1.54, 1.807) is 24.3 Å². The minimum Gasteiger partial charge on any atom is -0.450 e. The van der Waals surface area contributed by atoms with Crippen molar-refractivity contribution < 1.29 is 14.3 Å². The molecule has 0 aromatic heterocycles. The number of hydrogen-bond acceptors (Lipinski definition) is 4. The number of nitrogens with one attached hydrogen (secondary N) is 1. The molecule has 0 fully saturated rings. The summed E-state index contributed by atoms with van der Waals surface area (Å²) < 4.78 is 11.7. The molecular formula is C20H14ClNO3. The number of para-hydroxylation sites is 2. The van der Waals surface area contributed by atoms with E-state index in [1.165, 1.54) is 0 Å². The Morgan fingerprint density at radius 2 is 1.48 bits per heavy atom. The van der Waals surface area contributed by atoms with Gasteiger partial charge < -0.3 is 14.8 Å². The van der Waals surface area contributed by atoms with Gasteiger partial charge in [-0.2, -0.15) is 0 Å². The van der Waals surface area contributed by atoms with Gasteiger partial charge in [-0.1, -0.05) is 23.7 Å². The van der Waals surface area contributed by atoms with Crippen LogP contribution in [0.4, 0.5) is 5.69 Å². The molecule has 0 bridgehead atoms. The van der Waals surface area contributed by atoms with Crippen molar-refractivity contribution in [3.8, 4) is 23.0 Å². The summed E-state index contributed by atoms with van der Waals surface area (Å²) in [6, 6.07) is 19.8. The molecule has 25 heavy (non-hydrogen) atoms. The number of hydrogen-bond donors (Lipinski definition) is 1. The van der Waals surface area contributed by atoms with Crippen LogP contribution in [0, 0.1) is 0 Å². The van der Waals surface area contributed by atoms with E-state index in [1.807, 2.05) is 42.5 Å². The summed E-state index contributed by atoms with van der Waals surface area (Å²) in [7, 11) is 0. The summed E-state index contributed by atoms with van der Waals surface area (Å²) in [4.78, 5) is 12.2. The van der Waals surface area contributed by atoms with Crippen molar-refractivity contribution >= 4 is 23.1 Å². The minimum atomic E-state index is -0.0168. The molecule has 5 heteroatoms. The van der Waals surface area contributed by atoms with Crippen molar-refractivity contribution in [3.05, 3.63) is 77.3 Å². The average molecular weight is 352 g/mol. The number of carbonyl (C=O) groups is 1. The molecule has 1 heterocycles. The Hall–Kier alpha value is -2.98. The Labute approximate surface area is 150 Å². The highest BCUT2D eigenvalue weighted by molar-refractivity contribution is 6.30. The van der Waals surface area contributed by atoms with Gasteiger partial charge in [0, 0.05) is 22.3 Å². The van der Waals surface area contributed by atoms with Gasteiger partial charge in [-0.3, -0.25) is 4.79 Å². The van der Waals surface area contributed by atoms with E-state index in [2.05, 4.69) is 5.32 Å². The van der Waals surface area contributed by atoms with Crippen LogP contribution in [0.3, 0.4) is 0 Å². The van der Waals surface area contributed by atoms with Crippen molar-refractivity contribution in [2.75, 3.05) is 11.9 Å². The first-order valence-corrected chi connectivity index (χ1v) is 8.18. The van der Waals surface area contributed by atoms with Crippen LogP contribution in [0.25, 0.3) is 0 Å². The Morgan fingerprint density at radius 1 is 0.840 bits per heavy atom. The Morgan fingerprint density at radius 3 is 2.20 bits per heavy atom. The summed E-state index contributed by atoms with van der Waals surface area (Å²) in [6.07, 6.45) is 0. The van der Waals surface area contributed by atoms with Crippen LogP contribution in [0.2, 0.25) is 5.02 Å². The third-order valence-corrected chi connectivity index (χ3v) is 4.10. The molecule has 1 aliphatic rings. The lowest BCUT2D eigenvalue weighted by atomic mass is 10.1. The van der Waals surface area contributed by atoms with Crippen molar-refractivity contribution in [1.29, 1.82) is 0 Å². The topological polar surface area (TPSA) is 47.6 Å². The number of benzene rings is 3. The Kier molecular flexibility index (Phi) is 4.04. The van der Waals surface area contributed by atoms with Crippen molar-refractivity contribution in [2.24, 2.45) is 0 Å². The third kappa shape index (κ3) is 3.30. The summed E-state index contributed by atoms with van der Waals surface area (Å²) >= 11 is 5.84. The predicted molar refractivity (Wildman–Crippen MR) is 97.3 cm³/mol. The van der Waals surface area contributed by atoms with Gasteiger partial charge in [0.1, 0.15) is 0 Å². The highest BCUT2D eigenvalue weighted by atomic mass is 35.5. The van der Waals surface area contributed by atoms with Gasteiger partial charge in [-0.15, -0.1) is 0 Å². The number of halogens is 1. The highest BCUT2D eigenvalue weighted by Crippen LogP contribution is 2.45. The van der Waals surface area contributed by atoms with Gasteiger partial charge in [-0.05, 0) is 48.5 Å². The van der Waals surface area contributed by atoms with Gasteiger partial charge in [0.2, 0.25) is 0 Å². The lowest BCUT2D eigenvalue weighted by molar-refractivity contribution is 0.101. The molecule has 0 spiro atoms. The first kappa shape index (κ1) is 15.5. The van der Waals surface area contributed by atoms with E-state index >= 15 is 0 Å². The monoisotopic (exact) mass is 351 g/mol. The lowest BCUT2D eigenvalue weighted by Crippen LogP contribution is -2.14. The van der Waals surface area contributed by atoms with E-state index in [0.29, 0.717) is 33.6 Å². The van der Waals surface area contributed by atoms with Crippen LogP contribution in [-0.4, -0.2) is 12.3 Å². The molecular weight excluding hydrogens is 338 g/mol. The number of ketones is 1. The first-order valence-electron chi connectivity index (χ1n) is 7.80. The van der Waals surface area contributed by atoms with Gasteiger partial charge in [-0.25, -0.2) is 0 Å². The van der Waals surface area contributed by atoms with E-state index in [0.717, 1.165) is 5.69 Å². The number of Topliss-reactive ketones (excluding diaryl/α,β-unsaturated/α-hetero) is 1. The second-order valence-corrected chi connectivity index (χ2v) is 6.03. The van der Waals surface area contributed by atoms with Crippen LogP contribution in [0.1, 0.15) is 10.4 Å². The number of fused-ring (bicyclic) bond motifs is 2. The molecule has 0 aliphatic carbocycles. The highest BCUT2D eigenvalue weighted by Gasteiger charge is 2.18.